The van der Waals surface area contributed by atoms with Gasteiger partial charge in [0.05, 0.1) is 11.7 Å². The molecule has 2 atom stereocenters. The van der Waals surface area contributed by atoms with Crippen molar-refractivity contribution in [1.82, 2.24) is 10.6 Å². The highest BCUT2D eigenvalue weighted by atomic mass is 35.5. The lowest BCUT2D eigenvalue weighted by Gasteiger charge is -2.14. The van der Waals surface area contributed by atoms with Crippen molar-refractivity contribution in [3.8, 4) is 0 Å². The smallest absolute Gasteiger partial charge is 0.254 e. The largest absolute Gasteiger partial charge is 0.391 e. The fourth-order valence-electron chi connectivity index (χ4n) is 1.92. The molecule has 1 fully saturated rings. The molecule has 1 saturated heterocycles. The van der Waals surface area contributed by atoms with Crippen molar-refractivity contribution in [1.29, 1.82) is 0 Å². The molecule has 1 heterocycles. The van der Waals surface area contributed by atoms with Crippen LogP contribution in [0.1, 0.15) is 10.4 Å². The molecule has 106 valence electrons. The van der Waals surface area contributed by atoms with E-state index < -0.39 is 23.6 Å². The highest BCUT2D eigenvalue weighted by Gasteiger charge is 2.25. The molecule has 7 heteroatoms. The maximum absolute atomic E-state index is 13.3. The molecule has 3 N–H and O–H groups in total. The van der Waals surface area contributed by atoms with E-state index in [1.54, 1.807) is 0 Å². The summed E-state index contributed by atoms with van der Waals surface area (Å²) in [6.45, 7) is 1.30. The molecule has 2 rings (SSSR count). The van der Waals surface area contributed by atoms with E-state index in [0.717, 1.165) is 18.2 Å². The van der Waals surface area contributed by atoms with Gasteiger partial charge in [0.2, 0.25) is 0 Å². The Morgan fingerprint density at radius 1 is 1.42 bits per heavy atom. The number of β-amino-alcohol motifs (C(OH)–C–C–N with tert-alkyl or cyclic N) is 1. The predicted molar refractivity (Wildman–Crippen MR) is 68.3 cm³/mol. The van der Waals surface area contributed by atoms with Gasteiger partial charge in [-0.25, -0.2) is 8.78 Å². The normalized spacial score (nSPS) is 21.8. The van der Waals surface area contributed by atoms with Gasteiger partial charge in [-0.15, -0.1) is 12.4 Å². The number of benzene rings is 1. The second-order valence-electron chi connectivity index (χ2n) is 4.32. The summed E-state index contributed by atoms with van der Waals surface area (Å²) in [5.41, 5.74) is -0.324. The number of aliphatic hydroxyl groups is 1. The van der Waals surface area contributed by atoms with Crippen LogP contribution in [0.3, 0.4) is 0 Å². The highest BCUT2D eigenvalue weighted by Crippen LogP contribution is 2.11. The minimum Gasteiger partial charge on any atom is -0.391 e. The number of carbonyl (C=O) groups excluding carboxylic acids is 1. The Balaban J connectivity index is 0.00000180. The number of nitrogens with one attached hydrogen (secondary N) is 2. The van der Waals surface area contributed by atoms with Crippen LogP contribution < -0.4 is 10.6 Å². The zero-order valence-corrected chi connectivity index (χ0v) is 10.8. The first-order valence-electron chi connectivity index (χ1n) is 5.70. The Kier molecular flexibility index (Phi) is 5.65. The van der Waals surface area contributed by atoms with Gasteiger partial charge in [0.15, 0.2) is 0 Å². The molecule has 1 amide bonds. The molecule has 19 heavy (non-hydrogen) atoms. The second-order valence-corrected chi connectivity index (χ2v) is 4.32. The van der Waals surface area contributed by atoms with Crippen molar-refractivity contribution in [3.63, 3.8) is 0 Å². The number of aliphatic hydroxyl groups excluding tert-OH is 1. The number of carbonyl (C=O) groups is 1. The van der Waals surface area contributed by atoms with Gasteiger partial charge in [0, 0.05) is 25.6 Å². The van der Waals surface area contributed by atoms with Crippen LogP contribution >= 0.6 is 12.4 Å². The lowest BCUT2D eigenvalue weighted by molar-refractivity contribution is 0.0922. The third-order valence-electron chi connectivity index (χ3n) is 3.00. The molecule has 1 aromatic rings. The molecule has 0 saturated carbocycles. The molecule has 2 unspecified atom stereocenters. The molecule has 4 nitrogen and oxygen atoms in total. The summed E-state index contributed by atoms with van der Waals surface area (Å²) >= 11 is 0. The number of hydrogen-bond acceptors (Lipinski definition) is 3. The molecule has 1 aromatic carbocycles. The molecule has 1 aliphatic heterocycles. The first kappa shape index (κ1) is 15.8. The fraction of sp³-hybridized carbons (Fsp3) is 0.417. The standard InChI is InChI=1S/C12H14F2N2O2.ClH/c13-8-1-2-10(14)9(3-8)12(18)16-5-7-4-15-6-11(7)17;/h1-3,7,11,15,17H,4-6H2,(H,16,18);1H. The molecule has 0 aliphatic carbocycles. The zero-order valence-electron chi connectivity index (χ0n) is 10.0. The van der Waals surface area contributed by atoms with Crippen LogP contribution in [0.15, 0.2) is 18.2 Å². The molecule has 1 aliphatic rings. The van der Waals surface area contributed by atoms with Gasteiger partial charge in [-0.2, -0.15) is 0 Å². The van der Waals surface area contributed by atoms with Crippen LogP contribution in [0, 0.1) is 17.6 Å². The SMILES string of the molecule is Cl.O=C(NCC1CNCC1O)c1cc(F)ccc1F. The van der Waals surface area contributed by atoms with Gasteiger partial charge in [-0.1, -0.05) is 0 Å². The quantitative estimate of drug-likeness (QED) is 0.768. The summed E-state index contributed by atoms with van der Waals surface area (Å²) in [5, 5.41) is 15.0. The summed E-state index contributed by atoms with van der Waals surface area (Å²) in [6, 6.07) is 2.72. The van der Waals surface area contributed by atoms with E-state index in [4.69, 9.17) is 0 Å². The summed E-state index contributed by atoms with van der Waals surface area (Å²) < 4.78 is 26.2. The van der Waals surface area contributed by atoms with Crippen molar-refractivity contribution < 1.29 is 18.7 Å². The van der Waals surface area contributed by atoms with Gasteiger partial charge in [-0.3, -0.25) is 4.79 Å². The topological polar surface area (TPSA) is 61.4 Å². The van der Waals surface area contributed by atoms with E-state index in [1.165, 1.54) is 0 Å². The molecular weight excluding hydrogens is 278 g/mol. The second kappa shape index (κ2) is 6.79. The third-order valence-corrected chi connectivity index (χ3v) is 3.00. The summed E-state index contributed by atoms with van der Waals surface area (Å²) in [6.07, 6.45) is -0.525. The van der Waals surface area contributed by atoms with Crippen LogP contribution in [0.25, 0.3) is 0 Å². The van der Waals surface area contributed by atoms with E-state index in [-0.39, 0.29) is 30.4 Å². The Bertz CT molecular complexity index is 459. The lowest BCUT2D eigenvalue weighted by atomic mass is 10.1. The molecule has 0 aromatic heterocycles. The molecule has 0 spiro atoms. The number of amides is 1. The lowest BCUT2D eigenvalue weighted by Crippen LogP contribution is -2.34. The summed E-state index contributed by atoms with van der Waals surface area (Å²) in [5.74, 6) is -2.21. The average molecular weight is 293 g/mol. The van der Waals surface area contributed by atoms with Crippen LogP contribution in [0.4, 0.5) is 8.78 Å². The zero-order chi connectivity index (χ0) is 13.1. The van der Waals surface area contributed by atoms with Crippen LogP contribution in [-0.4, -0.2) is 36.8 Å². The van der Waals surface area contributed by atoms with E-state index in [9.17, 15) is 18.7 Å². The molecule has 0 radical (unpaired) electrons. The van der Waals surface area contributed by atoms with Crippen LogP contribution in [0.5, 0.6) is 0 Å². The van der Waals surface area contributed by atoms with E-state index in [1.807, 2.05) is 0 Å². The summed E-state index contributed by atoms with van der Waals surface area (Å²) in [4.78, 5) is 11.7. The van der Waals surface area contributed by atoms with Gasteiger partial charge in [-0.05, 0) is 18.2 Å². The maximum atomic E-state index is 13.3. The Hall–Kier alpha value is -1.24. The van der Waals surface area contributed by atoms with Gasteiger partial charge in [0.25, 0.3) is 5.91 Å². The molecular formula is C12H15ClF2N2O2. The van der Waals surface area contributed by atoms with E-state index in [0.29, 0.717) is 13.1 Å². The van der Waals surface area contributed by atoms with Crippen LogP contribution in [0.2, 0.25) is 0 Å². The van der Waals surface area contributed by atoms with Gasteiger partial charge < -0.3 is 15.7 Å². The predicted octanol–water partition coefficient (Wildman–Crippen LogP) is 0.697. The third kappa shape index (κ3) is 3.86. The minimum absolute atomic E-state index is 0. The fourth-order valence-corrected chi connectivity index (χ4v) is 1.92. The van der Waals surface area contributed by atoms with Crippen molar-refractivity contribution in [2.24, 2.45) is 5.92 Å². The maximum Gasteiger partial charge on any atom is 0.254 e. The number of halogens is 3. The monoisotopic (exact) mass is 292 g/mol. The van der Waals surface area contributed by atoms with Crippen molar-refractivity contribution in [2.75, 3.05) is 19.6 Å². The van der Waals surface area contributed by atoms with Crippen molar-refractivity contribution >= 4 is 18.3 Å². The Labute approximate surface area is 115 Å². The number of hydrogen-bond donors (Lipinski definition) is 3. The Morgan fingerprint density at radius 2 is 2.16 bits per heavy atom. The van der Waals surface area contributed by atoms with E-state index >= 15 is 0 Å². The van der Waals surface area contributed by atoms with Crippen molar-refractivity contribution in [2.45, 2.75) is 6.10 Å². The van der Waals surface area contributed by atoms with Crippen molar-refractivity contribution in [3.05, 3.63) is 35.4 Å². The van der Waals surface area contributed by atoms with Crippen LogP contribution in [-0.2, 0) is 0 Å². The van der Waals surface area contributed by atoms with Gasteiger partial charge in [0.1, 0.15) is 11.6 Å². The average Bonchev–Trinajstić information content (AvgIpc) is 2.75. The highest BCUT2D eigenvalue weighted by molar-refractivity contribution is 5.94. The summed E-state index contributed by atoms with van der Waals surface area (Å²) in [7, 11) is 0. The van der Waals surface area contributed by atoms with E-state index in [2.05, 4.69) is 10.6 Å². The molecule has 0 bridgehead atoms. The van der Waals surface area contributed by atoms with Gasteiger partial charge >= 0.3 is 0 Å². The Morgan fingerprint density at radius 3 is 2.79 bits per heavy atom. The first-order valence-corrected chi connectivity index (χ1v) is 5.70. The first-order chi connectivity index (χ1) is 8.58. The minimum atomic E-state index is -0.765. The number of rotatable bonds is 3.